The predicted octanol–water partition coefficient (Wildman–Crippen LogP) is 2.16. The van der Waals surface area contributed by atoms with Gasteiger partial charge in [-0.05, 0) is 25.1 Å². The van der Waals surface area contributed by atoms with Gasteiger partial charge in [0.25, 0.3) is 0 Å². The van der Waals surface area contributed by atoms with Gasteiger partial charge in [-0.25, -0.2) is 4.68 Å². The van der Waals surface area contributed by atoms with Gasteiger partial charge in [0.05, 0.1) is 24.0 Å². The van der Waals surface area contributed by atoms with E-state index in [1.807, 2.05) is 24.3 Å². The topological polar surface area (TPSA) is 47.8 Å². The second-order valence-electron chi connectivity index (χ2n) is 3.50. The molecule has 0 saturated carbocycles. The second kappa shape index (κ2) is 4.57. The predicted molar refractivity (Wildman–Crippen MR) is 63.4 cm³/mol. The van der Waals surface area contributed by atoms with Crippen molar-refractivity contribution in [3.8, 4) is 5.69 Å². The molecule has 0 aliphatic heterocycles. The molecule has 2 aromatic rings. The second-order valence-corrected chi connectivity index (χ2v) is 4.41. The van der Waals surface area contributed by atoms with Gasteiger partial charge in [-0.3, -0.25) is 4.79 Å². The van der Waals surface area contributed by atoms with Crippen LogP contribution in [0.1, 0.15) is 12.6 Å². The first-order valence-corrected chi connectivity index (χ1v) is 5.61. The number of Topliss-reactive ketones (excluding diaryl/α,β-unsaturated/α-hetero) is 1. The molecule has 5 heteroatoms. The van der Waals surface area contributed by atoms with Crippen molar-refractivity contribution in [2.24, 2.45) is 0 Å². The van der Waals surface area contributed by atoms with Crippen LogP contribution < -0.4 is 0 Å². The van der Waals surface area contributed by atoms with Crippen molar-refractivity contribution in [2.75, 3.05) is 0 Å². The number of nitrogens with zero attached hydrogens (tertiary/aromatic N) is 3. The Labute approximate surface area is 101 Å². The van der Waals surface area contributed by atoms with Crippen LogP contribution in [0, 0.1) is 0 Å². The molecule has 1 heterocycles. The number of ketones is 1. The van der Waals surface area contributed by atoms with Crippen LogP contribution in [0.15, 0.2) is 34.9 Å². The summed E-state index contributed by atoms with van der Waals surface area (Å²) >= 11 is 3.39. The summed E-state index contributed by atoms with van der Waals surface area (Å²) in [6.45, 7) is 1.55. The number of carbonyl (C=O) groups is 1. The number of halogens is 1. The molecule has 16 heavy (non-hydrogen) atoms. The van der Waals surface area contributed by atoms with E-state index in [0.717, 1.165) is 15.9 Å². The van der Waals surface area contributed by atoms with E-state index in [0.29, 0.717) is 6.42 Å². The van der Waals surface area contributed by atoms with Gasteiger partial charge in [0.2, 0.25) is 0 Å². The van der Waals surface area contributed by atoms with Crippen LogP contribution in [-0.4, -0.2) is 20.8 Å². The van der Waals surface area contributed by atoms with Crippen LogP contribution in [0.5, 0.6) is 0 Å². The summed E-state index contributed by atoms with van der Waals surface area (Å²) in [5.41, 5.74) is 1.69. The van der Waals surface area contributed by atoms with Gasteiger partial charge in [-0.15, -0.1) is 5.10 Å². The number of hydrogen-bond donors (Lipinski definition) is 0. The van der Waals surface area contributed by atoms with Crippen LogP contribution in [0.25, 0.3) is 5.69 Å². The molecule has 0 radical (unpaired) electrons. The van der Waals surface area contributed by atoms with Gasteiger partial charge in [0, 0.05) is 4.47 Å². The van der Waals surface area contributed by atoms with E-state index >= 15 is 0 Å². The highest BCUT2D eigenvalue weighted by molar-refractivity contribution is 9.10. The van der Waals surface area contributed by atoms with Gasteiger partial charge in [-0.2, -0.15) is 0 Å². The van der Waals surface area contributed by atoms with E-state index in [1.165, 1.54) is 0 Å². The Morgan fingerprint density at radius 2 is 2.31 bits per heavy atom. The average Bonchev–Trinajstić information content (AvgIpc) is 2.65. The maximum absolute atomic E-state index is 11.1. The molecule has 0 unspecified atom stereocenters. The van der Waals surface area contributed by atoms with Crippen molar-refractivity contribution in [2.45, 2.75) is 13.3 Å². The standard InChI is InChI=1S/C11H10BrN3O/c1-8(16)5-11-7-13-14-15(11)10-4-2-3-9(12)6-10/h2-4,6-7H,5H2,1H3. The first-order chi connectivity index (χ1) is 7.66. The van der Waals surface area contributed by atoms with Crippen molar-refractivity contribution < 1.29 is 4.79 Å². The lowest BCUT2D eigenvalue weighted by Gasteiger charge is -2.04. The molecular weight excluding hydrogens is 270 g/mol. The fourth-order valence-corrected chi connectivity index (χ4v) is 1.84. The molecule has 0 aliphatic carbocycles. The molecule has 0 N–H and O–H groups in total. The minimum absolute atomic E-state index is 0.0959. The summed E-state index contributed by atoms with van der Waals surface area (Å²) in [6, 6.07) is 7.70. The molecule has 0 saturated heterocycles. The molecule has 4 nitrogen and oxygen atoms in total. The third kappa shape index (κ3) is 2.36. The molecular formula is C11H10BrN3O. The maximum Gasteiger partial charge on any atom is 0.135 e. The lowest BCUT2D eigenvalue weighted by molar-refractivity contribution is -0.116. The van der Waals surface area contributed by atoms with Gasteiger partial charge in [0.1, 0.15) is 5.78 Å². The molecule has 0 atom stereocenters. The lowest BCUT2D eigenvalue weighted by Crippen LogP contribution is -2.06. The molecule has 0 spiro atoms. The van der Waals surface area contributed by atoms with Crippen LogP contribution in [0.3, 0.4) is 0 Å². The van der Waals surface area contributed by atoms with E-state index in [1.54, 1.807) is 17.8 Å². The van der Waals surface area contributed by atoms with Crippen molar-refractivity contribution in [3.63, 3.8) is 0 Å². The Morgan fingerprint density at radius 3 is 3.00 bits per heavy atom. The van der Waals surface area contributed by atoms with E-state index in [2.05, 4.69) is 26.2 Å². The molecule has 0 bridgehead atoms. The first kappa shape index (κ1) is 11.0. The fraction of sp³-hybridized carbons (Fsp3) is 0.182. The smallest absolute Gasteiger partial charge is 0.135 e. The van der Waals surface area contributed by atoms with Crippen LogP contribution in [0.4, 0.5) is 0 Å². The summed E-state index contributed by atoms with van der Waals surface area (Å²) in [4.78, 5) is 11.1. The minimum Gasteiger partial charge on any atom is -0.300 e. The third-order valence-corrected chi connectivity index (χ3v) is 2.60. The zero-order valence-electron chi connectivity index (χ0n) is 8.72. The largest absolute Gasteiger partial charge is 0.300 e. The van der Waals surface area contributed by atoms with Gasteiger partial charge >= 0.3 is 0 Å². The van der Waals surface area contributed by atoms with E-state index < -0.39 is 0 Å². The SMILES string of the molecule is CC(=O)Cc1cnnn1-c1cccc(Br)c1. The molecule has 1 aromatic heterocycles. The van der Waals surface area contributed by atoms with Crippen LogP contribution in [0.2, 0.25) is 0 Å². The molecule has 0 fully saturated rings. The summed E-state index contributed by atoms with van der Waals surface area (Å²) < 4.78 is 2.64. The van der Waals surface area contributed by atoms with Crippen molar-refractivity contribution >= 4 is 21.7 Å². The molecule has 0 amide bonds. The Bertz CT molecular complexity index is 521. The number of carbonyl (C=O) groups excluding carboxylic acids is 1. The Morgan fingerprint density at radius 1 is 1.50 bits per heavy atom. The van der Waals surface area contributed by atoms with Crippen LogP contribution in [-0.2, 0) is 11.2 Å². The first-order valence-electron chi connectivity index (χ1n) is 4.82. The molecule has 0 aliphatic rings. The summed E-state index contributed by atoms with van der Waals surface area (Å²) in [5, 5.41) is 7.80. The monoisotopic (exact) mass is 279 g/mol. The maximum atomic E-state index is 11.1. The highest BCUT2D eigenvalue weighted by Crippen LogP contribution is 2.16. The Hall–Kier alpha value is -1.49. The Kier molecular flexibility index (Phi) is 3.14. The number of hydrogen-bond acceptors (Lipinski definition) is 3. The minimum atomic E-state index is 0.0959. The summed E-state index contributed by atoms with van der Waals surface area (Å²) in [6.07, 6.45) is 1.96. The van der Waals surface area contributed by atoms with Gasteiger partial charge < -0.3 is 0 Å². The van der Waals surface area contributed by atoms with E-state index in [9.17, 15) is 4.79 Å². The third-order valence-electron chi connectivity index (χ3n) is 2.10. The highest BCUT2D eigenvalue weighted by atomic mass is 79.9. The number of benzene rings is 1. The zero-order chi connectivity index (χ0) is 11.5. The number of rotatable bonds is 3. The quantitative estimate of drug-likeness (QED) is 0.865. The van der Waals surface area contributed by atoms with Crippen molar-refractivity contribution in [1.29, 1.82) is 0 Å². The molecule has 1 aromatic carbocycles. The fourth-order valence-electron chi connectivity index (χ4n) is 1.46. The Balaban J connectivity index is 2.40. The van der Waals surface area contributed by atoms with Gasteiger partial charge in [-0.1, -0.05) is 27.2 Å². The summed E-state index contributed by atoms with van der Waals surface area (Å²) in [7, 11) is 0. The lowest BCUT2D eigenvalue weighted by atomic mass is 10.2. The number of aromatic nitrogens is 3. The van der Waals surface area contributed by atoms with Crippen molar-refractivity contribution in [3.05, 3.63) is 40.6 Å². The zero-order valence-corrected chi connectivity index (χ0v) is 10.3. The van der Waals surface area contributed by atoms with Crippen LogP contribution >= 0.6 is 15.9 Å². The summed E-state index contributed by atoms with van der Waals surface area (Å²) in [5.74, 6) is 0.0959. The van der Waals surface area contributed by atoms with E-state index in [4.69, 9.17) is 0 Å². The highest BCUT2D eigenvalue weighted by Gasteiger charge is 2.08. The molecule has 82 valence electrons. The average molecular weight is 280 g/mol. The molecule has 2 rings (SSSR count). The van der Waals surface area contributed by atoms with Crippen molar-refractivity contribution in [1.82, 2.24) is 15.0 Å². The van der Waals surface area contributed by atoms with Gasteiger partial charge in [0.15, 0.2) is 0 Å². The van der Waals surface area contributed by atoms with E-state index in [-0.39, 0.29) is 5.78 Å². The normalized spacial score (nSPS) is 10.4.